The maximum Gasteiger partial charge on any atom is 0.302 e. The average molecular weight is 1500 g/mol. The molecule has 3 atom stereocenters. The molecule has 0 aromatic heterocycles. The Hall–Kier alpha value is -0.780. The first-order chi connectivity index (χ1) is 46.5. The molecule has 0 spiro atoms. The zero-order chi connectivity index (χ0) is 84.3. The zero-order valence-corrected chi connectivity index (χ0v) is 81.2. The van der Waals surface area contributed by atoms with Crippen LogP contribution in [0.15, 0.2) is 0 Å². The SMILES string of the molecule is CC(=O)OCC1(C(C)(C)C)CC1.CC(C)(C)C1(C)CC1.CC(C)(C)C1(C)CC1.CC(C)(C)C1(C)CC1.CC(C)(C)C1(C)CC1.CC(C)(C)C1(C)CC1(F)F.CC(C)(C)C1(C)CCC1.CC(C)(C)C1(C)CCC1.CC(C)(C)C1(C)COC1.CC(C)C1(C)CCC1.CC(C)C1CC1(C)F.CCC1(C(C)(C)C)CC1. The second kappa shape index (κ2) is 35.0. The van der Waals surface area contributed by atoms with Crippen molar-refractivity contribution >= 4 is 5.97 Å². The molecule has 0 aromatic rings. The van der Waals surface area contributed by atoms with Gasteiger partial charge in [-0.3, -0.25) is 4.79 Å². The summed E-state index contributed by atoms with van der Waals surface area (Å²) in [5.41, 5.74) is 8.90. The van der Waals surface area contributed by atoms with Crippen LogP contribution in [0.1, 0.15) is 473 Å². The lowest BCUT2D eigenvalue weighted by atomic mass is 9.56. The van der Waals surface area contributed by atoms with Crippen molar-refractivity contribution < 1.29 is 27.4 Å². The second-order valence-corrected chi connectivity index (χ2v) is 51.5. The van der Waals surface area contributed by atoms with Crippen LogP contribution < -0.4 is 0 Å². The van der Waals surface area contributed by atoms with Crippen LogP contribution in [0.4, 0.5) is 13.2 Å². The first kappa shape index (κ1) is 103. The van der Waals surface area contributed by atoms with Gasteiger partial charge in [-0.15, -0.1) is 0 Å². The Labute approximate surface area is 665 Å². The van der Waals surface area contributed by atoms with E-state index in [2.05, 4.69) is 277 Å². The maximum atomic E-state index is 12.7. The average Bonchev–Trinajstić information content (AvgIpc) is 1.55. The lowest BCUT2D eigenvalue weighted by Crippen LogP contribution is -2.49. The minimum absolute atomic E-state index is 0.0590. The van der Waals surface area contributed by atoms with E-state index in [4.69, 9.17) is 9.47 Å². The van der Waals surface area contributed by atoms with Crippen molar-refractivity contribution in [2.45, 2.75) is 484 Å². The van der Waals surface area contributed by atoms with Gasteiger partial charge in [-0.1, -0.05) is 324 Å². The monoisotopic (exact) mass is 1500 g/mol. The molecule has 11 aliphatic carbocycles. The number of rotatable bonds is 5. The third kappa shape index (κ3) is 29.2. The van der Waals surface area contributed by atoms with Gasteiger partial charge in [-0.2, -0.15) is 0 Å². The molecule has 634 valence electrons. The quantitative estimate of drug-likeness (QED) is 0.257. The van der Waals surface area contributed by atoms with Crippen LogP contribution >= 0.6 is 0 Å². The molecule has 1 aliphatic heterocycles. The summed E-state index contributed by atoms with van der Waals surface area (Å²) in [6.07, 6.45) is 32.1. The molecule has 12 rings (SSSR count). The first-order valence-electron chi connectivity index (χ1n) is 44.3. The number of carbonyl (C=O) groups is 1. The van der Waals surface area contributed by atoms with E-state index in [1.54, 1.807) is 13.8 Å². The molecule has 0 bridgehead atoms. The van der Waals surface area contributed by atoms with Crippen LogP contribution in [-0.4, -0.2) is 37.4 Å². The summed E-state index contributed by atoms with van der Waals surface area (Å²) >= 11 is 0. The molecule has 0 aromatic carbocycles. The molecule has 12 fully saturated rings. The highest BCUT2D eigenvalue weighted by Crippen LogP contribution is 2.69. The Morgan fingerprint density at radius 2 is 0.604 bits per heavy atom. The molecular formula is C100H195F3O3. The molecular weight excluding hydrogens is 1310 g/mol. The van der Waals surface area contributed by atoms with Crippen LogP contribution in [0.3, 0.4) is 0 Å². The van der Waals surface area contributed by atoms with Gasteiger partial charge in [0.2, 0.25) is 0 Å². The van der Waals surface area contributed by atoms with Crippen LogP contribution in [0.2, 0.25) is 0 Å². The summed E-state index contributed by atoms with van der Waals surface area (Å²) < 4.78 is 48.3. The van der Waals surface area contributed by atoms with Crippen LogP contribution in [0.5, 0.6) is 0 Å². The number of halogens is 3. The number of carbonyl (C=O) groups excluding carboxylic acids is 1. The summed E-state index contributed by atoms with van der Waals surface area (Å²) in [7, 11) is 0. The highest BCUT2D eigenvalue weighted by atomic mass is 19.3. The molecule has 12 aliphatic rings. The lowest BCUT2D eigenvalue weighted by molar-refractivity contribution is -0.158. The topological polar surface area (TPSA) is 35.5 Å². The smallest absolute Gasteiger partial charge is 0.302 e. The van der Waals surface area contributed by atoms with Crippen LogP contribution in [0.25, 0.3) is 0 Å². The number of hydrogen-bond donors (Lipinski definition) is 0. The van der Waals surface area contributed by atoms with E-state index < -0.39 is 17.0 Å². The minimum atomic E-state index is -2.41. The Morgan fingerprint density at radius 3 is 0.632 bits per heavy atom. The minimum Gasteiger partial charge on any atom is -0.465 e. The predicted octanol–water partition coefficient (Wildman–Crippen LogP) is 33.7. The van der Waals surface area contributed by atoms with Gasteiger partial charge in [-0.05, 0) is 251 Å². The Kier molecular flexibility index (Phi) is 34.0. The third-order valence-electron chi connectivity index (χ3n) is 34.4. The summed E-state index contributed by atoms with van der Waals surface area (Å²) in [5.74, 6) is -0.792. The predicted molar refractivity (Wildman–Crippen MR) is 464 cm³/mol. The van der Waals surface area contributed by atoms with Crippen molar-refractivity contribution in [2.75, 3.05) is 19.8 Å². The lowest BCUT2D eigenvalue weighted by Gasteiger charge is -2.49. The van der Waals surface area contributed by atoms with Gasteiger partial charge in [0.15, 0.2) is 0 Å². The third-order valence-corrected chi connectivity index (χ3v) is 34.4. The van der Waals surface area contributed by atoms with Gasteiger partial charge in [0.25, 0.3) is 5.92 Å². The summed E-state index contributed by atoms with van der Waals surface area (Å²) in [6, 6.07) is 0. The van der Waals surface area contributed by atoms with Crippen molar-refractivity contribution in [1.29, 1.82) is 0 Å². The summed E-state index contributed by atoms with van der Waals surface area (Å²) in [5, 5.41) is 0. The van der Waals surface area contributed by atoms with Gasteiger partial charge in [0, 0.05) is 29.6 Å². The maximum absolute atomic E-state index is 12.7. The van der Waals surface area contributed by atoms with Crippen molar-refractivity contribution in [3.05, 3.63) is 0 Å². The van der Waals surface area contributed by atoms with Crippen molar-refractivity contribution in [1.82, 2.24) is 0 Å². The molecule has 3 unspecified atom stereocenters. The molecule has 1 heterocycles. The Bertz CT molecular complexity index is 2380. The highest BCUT2D eigenvalue weighted by molar-refractivity contribution is 5.66. The number of ether oxygens (including phenoxy) is 2. The fourth-order valence-electron chi connectivity index (χ4n) is 14.6. The summed E-state index contributed by atoms with van der Waals surface area (Å²) in [4.78, 5) is 10.6. The van der Waals surface area contributed by atoms with E-state index >= 15 is 0 Å². The van der Waals surface area contributed by atoms with Crippen molar-refractivity contribution in [3.63, 3.8) is 0 Å². The number of esters is 1. The summed E-state index contributed by atoms with van der Waals surface area (Å²) in [6.45, 7) is 106. The van der Waals surface area contributed by atoms with E-state index in [0.717, 1.165) is 36.4 Å². The van der Waals surface area contributed by atoms with Gasteiger partial charge >= 0.3 is 5.97 Å². The van der Waals surface area contributed by atoms with E-state index in [-0.39, 0.29) is 28.6 Å². The second-order valence-electron chi connectivity index (χ2n) is 51.5. The van der Waals surface area contributed by atoms with Gasteiger partial charge in [0.1, 0.15) is 5.67 Å². The van der Waals surface area contributed by atoms with E-state index in [0.29, 0.717) is 99.7 Å². The molecule has 11 saturated carbocycles. The standard InChI is InChI=1S/C10H18O2.3C9H18.C8H14F2.C8H16O.5C8H16.C7H13F/c1-8(11)12-7-10(5-6-10)9(2,3)4;2*1-8(2,3)9(4)6-5-7-9;1-5-9(6-7-9)8(2,3)4;1-6(2,3)7(4)5-8(7,9)10;1-7(2,3)8(4)5-9-6-8;4*1-7(2,3)8(4)5-6-8;1-7(2)8(3)5-4-6-8;1-5(2)6-4-7(6,3)8/h5-7H2,1-4H3;3*5-7H2,1-4H3;5H2,1-4H3;5-6H2,1-4H3;4*5-6H2,1-4H3;7H,4-6H2,1-3H3;5-6H,4H2,1-3H3. The van der Waals surface area contributed by atoms with Crippen LogP contribution in [0, 0.1) is 131 Å². The Morgan fingerprint density at radius 1 is 0.368 bits per heavy atom. The van der Waals surface area contributed by atoms with Crippen molar-refractivity contribution in [3.8, 4) is 0 Å². The molecule has 0 amide bonds. The number of alkyl halides is 3. The van der Waals surface area contributed by atoms with E-state index in [9.17, 15) is 18.0 Å². The van der Waals surface area contributed by atoms with Gasteiger partial charge in [-0.25, -0.2) is 13.2 Å². The largest absolute Gasteiger partial charge is 0.465 e. The number of hydrogen-bond acceptors (Lipinski definition) is 3. The molecule has 3 nitrogen and oxygen atoms in total. The van der Waals surface area contributed by atoms with Gasteiger partial charge in [0.05, 0.1) is 19.8 Å². The van der Waals surface area contributed by atoms with Gasteiger partial charge < -0.3 is 9.47 Å². The first-order valence-corrected chi connectivity index (χ1v) is 44.3. The van der Waals surface area contributed by atoms with Crippen molar-refractivity contribution in [2.24, 2.45) is 131 Å². The molecule has 6 heteroatoms. The molecule has 1 saturated heterocycles. The Balaban J connectivity index is 0.000000579. The van der Waals surface area contributed by atoms with E-state index in [1.165, 1.54) is 148 Å². The normalized spacial score (nSPS) is 27.4. The highest BCUT2D eigenvalue weighted by Gasteiger charge is 2.72. The fourth-order valence-corrected chi connectivity index (χ4v) is 14.6. The molecule has 106 heavy (non-hydrogen) atoms. The van der Waals surface area contributed by atoms with Crippen LogP contribution in [-0.2, 0) is 14.3 Å². The molecule has 0 radical (unpaired) electrons. The zero-order valence-electron chi connectivity index (χ0n) is 81.2. The van der Waals surface area contributed by atoms with E-state index in [1.807, 2.05) is 20.8 Å². The molecule has 0 N–H and O–H groups in total. The fraction of sp³-hybridized carbons (Fsp3) is 0.990.